The molecule has 0 saturated carbocycles. The topological polar surface area (TPSA) is 62.5 Å². The van der Waals surface area contributed by atoms with Crippen LogP contribution in [-0.4, -0.2) is 15.0 Å². The molecular weight excluding hydrogens is 701 g/mol. The third-order valence-electron chi connectivity index (χ3n) is 11.2. The van der Waals surface area contributed by atoms with E-state index in [1.165, 1.54) is 32.0 Å². The Labute approximate surface area is 328 Å². The Bertz CT molecular complexity index is 3050. The Morgan fingerprint density at radius 3 is 1.68 bits per heavy atom. The van der Waals surface area contributed by atoms with Gasteiger partial charge in [0.15, 0.2) is 17.5 Å². The molecule has 0 radical (unpaired) electrons. The van der Waals surface area contributed by atoms with Gasteiger partial charge in [0.05, 0.1) is 17.0 Å². The van der Waals surface area contributed by atoms with Crippen LogP contribution in [0.2, 0.25) is 0 Å². The third-order valence-corrected chi connectivity index (χ3v) is 12.4. The molecule has 0 unspecified atom stereocenters. The van der Waals surface area contributed by atoms with E-state index >= 15 is 0 Å². The molecule has 1 aliphatic carbocycles. The highest BCUT2D eigenvalue weighted by Crippen LogP contribution is 2.64. The molecule has 2 aliphatic rings. The lowest BCUT2D eigenvalue weighted by molar-refractivity contribution is 0.722. The number of nitriles is 1. The summed E-state index contributed by atoms with van der Waals surface area (Å²) in [5.41, 5.74) is 11.6. The summed E-state index contributed by atoms with van der Waals surface area (Å²) >= 11 is 1.82. The largest absolute Gasteiger partial charge is 0.208 e. The highest BCUT2D eigenvalue weighted by atomic mass is 32.2. The van der Waals surface area contributed by atoms with Crippen LogP contribution >= 0.6 is 11.8 Å². The number of fused-ring (bicyclic) bond motifs is 10. The summed E-state index contributed by atoms with van der Waals surface area (Å²) in [6.45, 7) is 0. The van der Waals surface area contributed by atoms with Gasteiger partial charge in [0, 0.05) is 32.0 Å². The molecule has 4 nitrogen and oxygen atoms in total. The lowest BCUT2D eigenvalue weighted by atomic mass is 9.67. The minimum Gasteiger partial charge on any atom is -0.208 e. The van der Waals surface area contributed by atoms with Gasteiger partial charge in [-0.05, 0) is 74.0 Å². The van der Waals surface area contributed by atoms with E-state index in [4.69, 9.17) is 15.0 Å². The smallest absolute Gasteiger partial charge is 0.164 e. The summed E-state index contributed by atoms with van der Waals surface area (Å²) in [7, 11) is 0. The zero-order valence-electron chi connectivity index (χ0n) is 30.0. The number of hydrogen-bond donors (Lipinski definition) is 0. The molecule has 8 aromatic carbocycles. The Hall–Kier alpha value is -7.13. The zero-order chi connectivity index (χ0) is 37.2. The van der Waals surface area contributed by atoms with Gasteiger partial charge < -0.3 is 0 Å². The molecule has 0 fully saturated rings. The number of nitrogens with zero attached hydrogens (tertiary/aromatic N) is 4. The van der Waals surface area contributed by atoms with Gasteiger partial charge in [-0.1, -0.05) is 169 Å². The van der Waals surface area contributed by atoms with E-state index in [1.807, 2.05) is 60.3 Å². The lowest BCUT2D eigenvalue weighted by Gasteiger charge is -2.39. The van der Waals surface area contributed by atoms with E-state index in [2.05, 4.69) is 140 Å². The normalized spacial score (nSPS) is 13.1. The highest BCUT2D eigenvalue weighted by molar-refractivity contribution is 7.99. The molecule has 11 rings (SSSR count). The Balaban J connectivity index is 1.27. The fourth-order valence-corrected chi connectivity index (χ4v) is 10.1. The first-order valence-electron chi connectivity index (χ1n) is 18.7. The number of benzene rings is 8. The second kappa shape index (κ2) is 12.7. The van der Waals surface area contributed by atoms with Crippen LogP contribution in [0.15, 0.2) is 192 Å². The van der Waals surface area contributed by atoms with Gasteiger partial charge in [-0.2, -0.15) is 5.26 Å². The van der Waals surface area contributed by atoms with Crippen LogP contribution in [0.4, 0.5) is 0 Å². The molecule has 5 heteroatoms. The van der Waals surface area contributed by atoms with Gasteiger partial charge in [-0.15, -0.1) is 0 Å². The van der Waals surface area contributed by atoms with Gasteiger partial charge in [-0.25, -0.2) is 15.0 Å². The van der Waals surface area contributed by atoms with Gasteiger partial charge in [0.25, 0.3) is 0 Å². The van der Waals surface area contributed by atoms with Gasteiger partial charge in [0.2, 0.25) is 0 Å². The summed E-state index contributed by atoms with van der Waals surface area (Å²) in [5, 5.41) is 12.7. The molecule has 260 valence electrons. The minimum absolute atomic E-state index is 0.594. The first-order valence-corrected chi connectivity index (χ1v) is 19.5. The van der Waals surface area contributed by atoms with E-state index in [0.29, 0.717) is 23.0 Å². The first-order chi connectivity index (χ1) is 27.7. The fraction of sp³-hybridized carbons (Fsp3) is 0.0196. The predicted molar refractivity (Wildman–Crippen MR) is 225 cm³/mol. The van der Waals surface area contributed by atoms with Crippen molar-refractivity contribution < 1.29 is 0 Å². The lowest BCUT2D eigenvalue weighted by Crippen LogP contribution is -2.31. The average Bonchev–Trinajstić information content (AvgIpc) is 3.57. The number of aromatic nitrogens is 3. The summed E-state index contributed by atoms with van der Waals surface area (Å²) in [6.07, 6.45) is 0. The van der Waals surface area contributed by atoms with Gasteiger partial charge >= 0.3 is 0 Å². The number of rotatable bonds is 4. The predicted octanol–water partition coefficient (Wildman–Crippen LogP) is 12.4. The van der Waals surface area contributed by atoms with Gasteiger partial charge in [-0.3, -0.25) is 0 Å². The summed E-state index contributed by atoms with van der Waals surface area (Å²) in [4.78, 5) is 18.2. The molecule has 1 aromatic heterocycles. The maximum atomic E-state index is 10.4. The van der Waals surface area contributed by atoms with Crippen LogP contribution < -0.4 is 0 Å². The molecule has 56 heavy (non-hydrogen) atoms. The maximum absolute atomic E-state index is 10.4. The minimum atomic E-state index is -0.632. The van der Waals surface area contributed by atoms with Gasteiger partial charge in [0.1, 0.15) is 0 Å². The van der Waals surface area contributed by atoms with Crippen LogP contribution in [-0.2, 0) is 5.41 Å². The number of hydrogen-bond acceptors (Lipinski definition) is 5. The highest BCUT2D eigenvalue weighted by Gasteiger charge is 2.51. The average molecular weight is 731 g/mol. The molecule has 9 aromatic rings. The van der Waals surface area contributed by atoms with Crippen molar-refractivity contribution in [3.8, 4) is 62.5 Å². The Morgan fingerprint density at radius 1 is 0.411 bits per heavy atom. The monoisotopic (exact) mass is 730 g/mol. The van der Waals surface area contributed by atoms with E-state index < -0.39 is 5.41 Å². The van der Waals surface area contributed by atoms with Crippen molar-refractivity contribution in [2.45, 2.75) is 15.2 Å². The van der Waals surface area contributed by atoms with Crippen molar-refractivity contribution in [2.24, 2.45) is 0 Å². The summed E-state index contributed by atoms with van der Waals surface area (Å²) in [6, 6.07) is 66.1. The van der Waals surface area contributed by atoms with Crippen LogP contribution in [0.1, 0.15) is 27.8 Å². The van der Waals surface area contributed by atoms with Crippen molar-refractivity contribution in [3.63, 3.8) is 0 Å². The molecule has 0 saturated heterocycles. The third kappa shape index (κ3) is 4.76. The van der Waals surface area contributed by atoms with Crippen LogP contribution in [0, 0.1) is 11.3 Å². The molecule has 1 aliphatic heterocycles. The Kier molecular flexibility index (Phi) is 7.35. The molecule has 2 heterocycles. The molecule has 1 spiro atoms. The van der Waals surface area contributed by atoms with Crippen LogP contribution in [0.5, 0.6) is 0 Å². The van der Waals surface area contributed by atoms with Crippen LogP contribution in [0.3, 0.4) is 0 Å². The van der Waals surface area contributed by atoms with Crippen molar-refractivity contribution >= 4 is 22.5 Å². The van der Waals surface area contributed by atoms with E-state index in [1.54, 1.807) is 0 Å². The quantitative estimate of drug-likeness (QED) is 0.180. The molecule has 0 N–H and O–H groups in total. The standard InChI is InChI=1S/C51H30N4S/c52-31-36-18-6-7-19-37(36)38-20-12-24-42-46(38)47-39(21-13-25-43(47)51(42)40-22-8-10-26-44(40)56-45-27-11-9-23-41(45)51)50-54-48(33-15-2-1-3-16-33)53-49(55-50)35-29-28-32-14-4-5-17-34(32)30-35/h1-30H. The molecular formula is C51H30N4S. The molecule has 0 bridgehead atoms. The zero-order valence-corrected chi connectivity index (χ0v) is 30.8. The first kappa shape index (κ1) is 32.3. The van der Waals surface area contributed by atoms with Crippen molar-refractivity contribution in [2.75, 3.05) is 0 Å². The summed E-state index contributed by atoms with van der Waals surface area (Å²) in [5.74, 6) is 1.81. The second-order valence-corrected chi connectivity index (χ2v) is 15.3. The Morgan fingerprint density at radius 2 is 0.946 bits per heavy atom. The van der Waals surface area contributed by atoms with E-state index in [-0.39, 0.29) is 0 Å². The van der Waals surface area contributed by atoms with Crippen molar-refractivity contribution in [1.29, 1.82) is 5.26 Å². The SMILES string of the molecule is N#Cc1ccccc1-c1cccc2c1-c1c(-c3nc(-c4ccccc4)nc(-c4ccc5ccccc5c4)n3)cccc1C21c2ccccc2Sc2ccccc21. The van der Waals surface area contributed by atoms with Crippen molar-refractivity contribution in [3.05, 3.63) is 210 Å². The van der Waals surface area contributed by atoms with E-state index in [9.17, 15) is 5.26 Å². The van der Waals surface area contributed by atoms with E-state index in [0.717, 1.165) is 49.7 Å². The fourth-order valence-electron chi connectivity index (χ4n) is 8.88. The second-order valence-electron chi connectivity index (χ2n) is 14.2. The maximum Gasteiger partial charge on any atom is 0.164 e. The molecule has 0 amide bonds. The molecule has 0 atom stereocenters. The van der Waals surface area contributed by atoms with Crippen LogP contribution in [0.25, 0.3) is 67.2 Å². The van der Waals surface area contributed by atoms with Crippen molar-refractivity contribution in [1.82, 2.24) is 15.0 Å². The summed E-state index contributed by atoms with van der Waals surface area (Å²) < 4.78 is 0.